The zero-order valence-electron chi connectivity index (χ0n) is 11.7. The van der Waals surface area contributed by atoms with Gasteiger partial charge in [-0.05, 0) is 31.8 Å². The summed E-state index contributed by atoms with van der Waals surface area (Å²) < 4.78 is 2.21. The molecule has 1 aromatic heterocycles. The number of thioether (sulfide) groups is 1. The minimum absolute atomic E-state index is 0.0446. The Kier molecular flexibility index (Phi) is 3.98. The summed E-state index contributed by atoms with van der Waals surface area (Å²) in [5.41, 5.74) is 0. The molecule has 0 spiro atoms. The van der Waals surface area contributed by atoms with E-state index in [4.69, 9.17) is 5.11 Å². The summed E-state index contributed by atoms with van der Waals surface area (Å²) in [6, 6.07) is 0.416. The van der Waals surface area contributed by atoms with Crippen molar-refractivity contribution >= 4 is 17.7 Å². The van der Waals surface area contributed by atoms with Gasteiger partial charge in [0.15, 0.2) is 5.16 Å². The normalized spacial score (nSPS) is 28.8. The quantitative estimate of drug-likeness (QED) is 0.825. The summed E-state index contributed by atoms with van der Waals surface area (Å²) in [6.07, 6.45) is 3.30. The zero-order valence-corrected chi connectivity index (χ0v) is 12.5. The van der Waals surface area contributed by atoms with E-state index >= 15 is 0 Å². The van der Waals surface area contributed by atoms with Gasteiger partial charge in [0.05, 0.1) is 11.8 Å². The molecule has 0 aliphatic carbocycles. The molecule has 110 valence electrons. The van der Waals surface area contributed by atoms with Gasteiger partial charge in [-0.3, -0.25) is 4.79 Å². The molecule has 0 aromatic carbocycles. The van der Waals surface area contributed by atoms with Gasteiger partial charge in [-0.2, -0.15) is 0 Å². The first-order valence-corrected chi connectivity index (χ1v) is 8.18. The Hall–Kier alpha value is -1.08. The topological polar surface area (TPSA) is 71.2 Å². The third-order valence-electron chi connectivity index (χ3n) is 4.33. The Morgan fingerprint density at radius 2 is 2.15 bits per heavy atom. The largest absolute Gasteiger partial charge is 0.481 e. The van der Waals surface area contributed by atoms with Gasteiger partial charge in [0.2, 0.25) is 0 Å². The number of carboxylic acid groups (broad SMARTS) is 1. The van der Waals surface area contributed by atoms with Gasteiger partial charge >= 0.3 is 5.97 Å². The molecule has 1 unspecified atom stereocenters. The molecule has 4 rings (SSSR count). The van der Waals surface area contributed by atoms with Crippen LogP contribution in [0.15, 0.2) is 5.16 Å². The summed E-state index contributed by atoms with van der Waals surface area (Å²) in [5.74, 6) is 0.904. The highest BCUT2D eigenvalue weighted by Crippen LogP contribution is 2.38. The van der Waals surface area contributed by atoms with E-state index in [0.717, 1.165) is 23.9 Å². The van der Waals surface area contributed by atoms with Crippen molar-refractivity contribution < 1.29 is 9.90 Å². The standard InChI is InChI=1S/C13H20N4O2S/c1-2-11-14-15-13(20-8-12(18)19)17(11)10-7-16-5-3-9(10)4-6-16/h9-10H,2-8H2,1H3,(H,18,19). The summed E-state index contributed by atoms with van der Waals surface area (Å²) >= 11 is 1.28. The van der Waals surface area contributed by atoms with Crippen molar-refractivity contribution in [1.82, 2.24) is 19.7 Å². The van der Waals surface area contributed by atoms with E-state index in [0.29, 0.717) is 12.0 Å². The molecule has 2 bridgehead atoms. The highest BCUT2D eigenvalue weighted by atomic mass is 32.2. The first-order chi connectivity index (χ1) is 9.69. The van der Waals surface area contributed by atoms with Crippen LogP contribution >= 0.6 is 11.8 Å². The van der Waals surface area contributed by atoms with Crippen molar-refractivity contribution in [2.75, 3.05) is 25.4 Å². The number of hydrogen-bond donors (Lipinski definition) is 1. The molecule has 7 heteroatoms. The molecule has 3 aliphatic rings. The van der Waals surface area contributed by atoms with E-state index in [1.807, 2.05) is 0 Å². The molecular formula is C13H20N4O2S. The van der Waals surface area contributed by atoms with Crippen molar-refractivity contribution in [2.45, 2.75) is 37.4 Å². The second-order valence-corrected chi connectivity index (χ2v) is 6.45. The van der Waals surface area contributed by atoms with Crippen molar-refractivity contribution in [3.63, 3.8) is 0 Å². The molecule has 0 amide bonds. The molecule has 3 saturated heterocycles. The van der Waals surface area contributed by atoms with Crippen LogP contribution in [0.1, 0.15) is 31.6 Å². The number of nitrogens with zero attached hydrogens (tertiary/aromatic N) is 4. The lowest BCUT2D eigenvalue weighted by Gasteiger charge is -2.45. The average Bonchev–Trinajstić information content (AvgIpc) is 2.89. The van der Waals surface area contributed by atoms with Crippen LogP contribution in [0, 0.1) is 5.92 Å². The first kappa shape index (κ1) is 13.9. The minimum Gasteiger partial charge on any atom is -0.481 e. The zero-order chi connectivity index (χ0) is 14.1. The van der Waals surface area contributed by atoms with Crippen LogP contribution in [0.4, 0.5) is 0 Å². The van der Waals surface area contributed by atoms with Gasteiger partial charge in [0.25, 0.3) is 0 Å². The van der Waals surface area contributed by atoms with Crippen LogP contribution in [0.2, 0.25) is 0 Å². The number of rotatable bonds is 5. The highest BCUT2D eigenvalue weighted by molar-refractivity contribution is 7.99. The van der Waals surface area contributed by atoms with E-state index in [1.54, 1.807) is 0 Å². The van der Waals surface area contributed by atoms with Crippen molar-refractivity contribution in [1.29, 1.82) is 0 Å². The summed E-state index contributed by atoms with van der Waals surface area (Å²) in [6.45, 7) is 5.52. The maximum Gasteiger partial charge on any atom is 0.313 e. The number of carbonyl (C=O) groups is 1. The summed E-state index contributed by atoms with van der Waals surface area (Å²) in [7, 11) is 0. The minimum atomic E-state index is -0.809. The van der Waals surface area contributed by atoms with Crippen LogP contribution in [-0.2, 0) is 11.2 Å². The fourth-order valence-corrected chi connectivity index (χ4v) is 4.06. The van der Waals surface area contributed by atoms with Crippen LogP contribution in [-0.4, -0.2) is 56.1 Å². The molecule has 3 fully saturated rings. The Morgan fingerprint density at radius 1 is 1.40 bits per heavy atom. The fraction of sp³-hybridized carbons (Fsp3) is 0.769. The van der Waals surface area contributed by atoms with Crippen LogP contribution < -0.4 is 0 Å². The summed E-state index contributed by atoms with van der Waals surface area (Å²) in [5, 5.41) is 18.1. The van der Waals surface area contributed by atoms with Crippen molar-refractivity contribution in [3.8, 4) is 0 Å². The highest BCUT2D eigenvalue weighted by Gasteiger charge is 2.37. The molecule has 1 N–H and O–H groups in total. The van der Waals surface area contributed by atoms with E-state index in [9.17, 15) is 4.79 Å². The molecular weight excluding hydrogens is 276 g/mol. The number of aryl methyl sites for hydroxylation is 1. The lowest BCUT2D eigenvalue weighted by atomic mass is 9.84. The van der Waals surface area contributed by atoms with Gasteiger partial charge < -0.3 is 14.6 Å². The van der Waals surface area contributed by atoms with Gasteiger partial charge in [0.1, 0.15) is 5.82 Å². The second-order valence-electron chi connectivity index (χ2n) is 5.51. The smallest absolute Gasteiger partial charge is 0.313 e. The second kappa shape index (κ2) is 5.73. The van der Waals surface area contributed by atoms with Crippen molar-refractivity contribution in [2.24, 2.45) is 5.92 Å². The third-order valence-corrected chi connectivity index (χ3v) is 5.26. The molecule has 1 aromatic rings. The Balaban J connectivity index is 1.86. The molecule has 4 heterocycles. The van der Waals surface area contributed by atoms with Crippen molar-refractivity contribution in [3.05, 3.63) is 5.82 Å². The lowest BCUT2D eigenvalue weighted by Crippen LogP contribution is -2.48. The monoisotopic (exact) mass is 296 g/mol. The van der Waals surface area contributed by atoms with E-state index in [2.05, 4.69) is 26.6 Å². The number of piperidine rings is 3. The lowest BCUT2D eigenvalue weighted by molar-refractivity contribution is -0.133. The van der Waals surface area contributed by atoms with Gasteiger partial charge in [-0.25, -0.2) is 0 Å². The number of aliphatic carboxylic acids is 1. The Labute approximate surface area is 122 Å². The SMILES string of the molecule is CCc1nnc(SCC(=O)O)n1C1CN2CCC1CC2. The molecule has 1 atom stereocenters. The number of aromatic nitrogens is 3. The van der Waals surface area contributed by atoms with E-state index in [1.165, 1.54) is 37.7 Å². The fourth-order valence-electron chi connectivity index (χ4n) is 3.33. The molecule has 0 saturated carbocycles. The Bertz CT molecular complexity index is 497. The molecule has 3 aliphatic heterocycles. The predicted molar refractivity (Wildman–Crippen MR) is 76.0 cm³/mol. The van der Waals surface area contributed by atoms with Crippen LogP contribution in [0.3, 0.4) is 0 Å². The third kappa shape index (κ3) is 2.56. The van der Waals surface area contributed by atoms with Gasteiger partial charge in [0, 0.05) is 13.0 Å². The van der Waals surface area contributed by atoms with Crippen LogP contribution in [0.5, 0.6) is 0 Å². The number of hydrogen-bond acceptors (Lipinski definition) is 5. The van der Waals surface area contributed by atoms with Gasteiger partial charge in [-0.15, -0.1) is 10.2 Å². The van der Waals surface area contributed by atoms with E-state index < -0.39 is 5.97 Å². The number of fused-ring (bicyclic) bond motifs is 3. The van der Waals surface area contributed by atoms with Crippen LogP contribution in [0.25, 0.3) is 0 Å². The Morgan fingerprint density at radius 3 is 2.70 bits per heavy atom. The number of carboxylic acids is 1. The molecule has 20 heavy (non-hydrogen) atoms. The van der Waals surface area contributed by atoms with E-state index in [-0.39, 0.29) is 5.75 Å². The summed E-state index contributed by atoms with van der Waals surface area (Å²) in [4.78, 5) is 13.3. The molecule has 0 radical (unpaired) electrons. The first-order valence-electron chi connectivity index (χ1n) is 7.19. The molecule has 6 nitrogen and oxygen atoms in total. The van der Waals surface area contributed by atoms with Gasteiger partial charge in [-0.1, -0.05) is 18.7 Å². The average molecular weight is 296 g/mol. The maximum atomic E-state index is 10.8. The predicted octanol–water partition coefficient (Wildman–Crippen LogP) is 1.28. The maximum absolute atomic E-state index is 10.8.